The van der Waals surface area contributed by atoms with Gasteiger partial charge >= 0.3 is 0 Å². The van der Waals surface area contributed by atoms with E-state index in [0.717, 1.165) is 24.5 Å². The van der Waals surface area contributed by atoms with Crippen LogP contribution in [0.2, 0.25) is 0 Å². The summed E-state index contributed by atoms with van der Waals surface area (Å²) >= 11 is 0. The zero-order valence-electron chi connectivity index (χ0n) is 8.50. The predicted octanol–water partition coefficient (Wildman–Crippen LogP) is 1.78. The molecule has 76 valence electrons. The second-order valence-electron chi connectivity index (χ2n) is 3.28. The van der Waals surface area contributed by atoms with E-state index in [-0.39, 0.29) is 0 Å². The van der Waals surface area contributed by atoms with Crippen LogP contribution < -0.4 is 9.47 Å². The van der Waals surface area contributed by atoms with Gasteiger partial charge in [-0.05, 0) is 29.7 Å². The highest BCUT2D eigenvalue weighted by Crippen LogP contribution is 2.32. The van der Waals surface area contributed by atoms with Gasteiger partial charge in [-0.1, -0.05) is 0 Å². The molecule has 3 heteroatoms. The first-order valence-corrected chi connectivity index (χ1v) is 4.66. The SMILES string of the molecule is COc1cc2c(cc1OC)COCC2. The van der Waals surface area contributed by atoms with Crippen LogP contribution in [0.4, 0.5) is 0 Å². The van der Waals surface area contributed by atoms with E-state index in [0.29, 0.717) is 6.61 Å². The summed E-state index contributed by atoms with van der Waals surface area (Å²) in [5, 5.41) is 0. The van der Waals surface area contributed by atoms with Gasteiger partial charge in [0.2, 0.25) is 0 Å². The molecule has 0 bridgehead atoms. The monoisotopic (exact) mass is 194 g/mol. The first-order valence-electron chi connectivity index (χ1n) is 4.66. The molecule has 0 unspecified atom stereocenters. The van der Waals surface area contributed by atoms with Gasteiger partial charge < -0.3 is 14.2 Å². The molecule has 0 amide bonds. The van der Waals surface area contributed by atoms with Gasteiger partial charge in [0.05, 0.1) is 27.4 Å². The van der Waals surface area contributed by atoms with Crippen LogP contribution in [-0.2, 0) is 17.8 Å². The smallest absolute Gasteiger partial charge is 0.161 e. The summed E-state index contributed by atoms with van der Waals surface area (Å²) in [6.07, 6.45) is 0.954. The van der Waals surface area contributed by atoms with Gasteiger partial charge in [0.15, 0.2) is 11.5 Å². The molecule has 0 fully saturated rings. The first-order chi connectivity index (χ1) is 6.85. The third-order valence-electron chi connectivity index (χ3n) is 2.48. The summed E-state index contributed by atoms with van der Waals surface area (Å²) in [4.78, 5) is 0. The van der Waals surface area contributed by atoms with Crippen LogP contribution in [0.1, 0.15) is 11.1 Å². The van der Waals surface area contributed by atoms with Crippen molar-refractivity contribution in [3.63, 3.8) is 0 Å². The fourth-order valence-electron chi connectivity index (χ4n) is 1.69. The lowest BCUT2D eigenvalue weighted by molar-refractivity contribution is 0.110. The molecule has 0 radical (unpaired) electrons. The van der Waals surface area contributed by atoms with Crippen molar-refractivity contribution in [1.82, 2.24) is 0 Å². The lowest BCUT2D eigenvalue weighted by atomic mass is 10.0. The van der Waals surface area contributed by atoms with E-state index in [1.54, 1.807) is 14.2 Å². The van der Waals surface area contributed by atoms with Crippen LogP contribution >= 0.6 is 0 Å². The van der Waals surface area contributed by atoms with Crippen molar-refractivity contribution >= 4 is 0 Å². The van der Waals surface area contributed by atoms with Crippen LogP contribution in [-0.4, -0.2) is 20.8 Å². The first kappa shape index (κ1) is 9.34. The van der Waals surface area contributed by atoms with Crippen molar-refractivity contribution in [2.75, 3.05) is 20.8 Å². The van der Waals surface area contributed by atoms with Gasteiger partial charge in [-0.25, -0.2) is 0 Å². The maximum absolute atomic E-state index is 5.37. The zero-order valence-corrected chi connectivity index (χ0v) is 8.50. The third-order valence-corrected chi connectivity index (χ3v) is 2.48. The molecule has 2 rings (SSSR count). The lowest BCUT2D eigenvalue weighted by Crippen LogP contribution is -2.10. The molecule has 0 atom stereocenters. The van der Waals surface area contributed by atoms with Crippen molar-refractivity contribution in [2.24, 2.45) is 0 Å². The van der Waals surface area contributed by atoms with Gasteiger partial charge in [0, 0.05) is 0 Å². The summed E-state index contributed by atoms with van der Waals surface area (Å²) in [6.45, 7) is 1.47. The topological polar surface area (TPSA) is 27.7 Å². The lowest BCUT2D eigenvalue weighted by Gasteiger charge is -2.18. The summed E-state index contributed by atoms with van der Waals surface area (Å²) in [5.74, 6) is 1.57. The van der Waals surface area contributed by atoms with Gasteiger partial charge in [-0.3, -0.25) is 0 Å². The number of fused-ring (bicyclic) bond motifs is 1. The second kappa shape index (κ2) is 3.88. The van der Waals surface area contributed by atoms with E-state index in [9.17, 15) is 0 Å². The number of hydrogen-bond donors (Lipinski definition) is 0. The third kappa shape index (κ3) is 1.55. The molecule has 1 aromatic rings. The van der Waals surface area contributed by atoms with Crippen LogP contribution in [0.15, 0.2) is 12.1 Å². The number of benzene rings is 1. The molecule has 14 heavy (non-hydrogen) atoms. The summed E-state index contributed by atoms with van der Waals surface area (Å²) in [7, 11) is 3.30. The highest BCUT2D eigenvalue weighted by atomic mass is 16.5. The Hall–Kier alpha value is -1.22. The molecule has 0 saturated heterocycles. The summed E-state index contributed by atoms with van der Waals surface area (Å²) in [6, 6.07) is 4.03. The van der Waals surface area contributed by atoms with Crippen molar-refractivity contribution < 1.29 is 14.2 Å². The summed E-state index contributed by atoms with van der Waals surface area (Å²) in [5.41, 5.74) is 2.50. The van der Waals surface area contributed by atoms with Crippen molar-refractivity contribution in [2.45, 2.75) is 13.0 Å². The molecular weight excluding hydrogens is 180 g/mol. The Kier molecular flexibility index (Phi) is 2.59. The van der Waals surface area contributed by atoms with Gasteiger partial charge in [-0.15, -0.1) is 0 Å². The molecule has 0 aromatic heterocycles. The highest BCUT2D eigenvalue weighted by Gasteiger charge is 2.14. The van der Waals surface area contributed by atoms with Gasteiger partial charge in [0.25, 0.3) is 0 Å². The van der Waals surface area contributed by atoms with Crippen molar-refractivity contribution in [3.05, 3.63) is 23.3 Å². The maximum atomic E-state index is 5.37. The largest absolute Gasteiger partial charge is 0.493 e. The molecular formula is C11H14O3. The number of hydrogen-bond acceptors (Lipinski definition) is 3. The Morgan fingerprint density at radius 3 is 2.36 bits per heavy atom. The highest BCUT2D eigenvalue weighted by molar-refractivity contribution is 5.47. The van der Waals surface area contributed by atoms with Crippen LogP contribution in [0, 0.1) is 0 Å². The van der Waals surface area contributed by atoms with E-state index in [1.165, 1.54) is 11.1 Å². The molecule has 3 nitrogen and oxygen atoms in total. The van der Waals surface area contributed by atoms with E-state index in [4.69, 9.17) is 14.2 Å². The molecule has 0 N–H and O–H groups in total. The predicted molar refractivity (Wildman–Crippen MR) is 52.9 cm³/mol. The molecule has 1 aromatic carbocycles. The minimum Gasteiger partial charge on any atom is -0.493 e. The normalized spacial score (nSPS) is 14.7. The number of rotatable bonds is 2. The molecule has 1 aliphatic rings. The average Bonchev–Trinajstić information content (AvgIpc) is 2.27. The van der Waals surface area contributed by atoms with E-state index < -0.39 is 0 Å². The molecule has 0 spiro atoms. The molecule has 1 aliphatic heterocycles. The standard InChI is InChI=1S/C11H14O3/c1-12-10-5-8-3-4-14-7-9(8)6-11(10)13-2/h5-6H,3-4,7H2,1-2H3. The average molecular weight is 194 g/mol. The van der Waals surface area contributed by atoms with Crippen LogP contribution in [0.5, 0.6) is 11.5 Å². The molecule has 1 heterocycles. The van der Waals surface area contributed by atoms with Gasteiger partial charge in [-0.2, -0.15) is 0 Å². The van der Waals surface area contributed by atoms with Crippen molar-refractivity contribution in [3.8, 4) is 11.5 Å². The van der Waals surface area contributed by atoms with E-state index >= 15 is 0 Å². The zero-order chi connectivity index (χ0) is 9.97. The Labute approximate surface area is 83.6 Å². The second-order valence-corrected chi connectivity index (χ2v) is 3.28. The Morgan fingerprint density at radius 1 is 1.07 bits per heavy atom. The Balaban J connectivity index is 2.43. The summed E-state index contributed by atoms with van der Waals surface area (Å²) < 4.78 is 15.8. The fourth-order valence-corrected chi connectivity index (χ4v) is 1.69. The Bertz CT molecular complexity index is 289. The van der Waals surface area contributed by atoms with Gasteiger partial charge in [0.1, 0.15) is 0 Å². The van der Waals surface area contributed by atoms with Crippen molar-refractivity contribution in [1.29, 1.82) is 0 Å². The number of methoxy groups -OCH3 is 2. The van der Waals surface area contributed by atoms with E-state index in [2.05, 4.69) is 0 Å². The number of ether oxygens (including phenoxy) is 3. The minimum atomic E-state index is 0.676. The fraction of sp³-hybridized carbons (Fsp3) is 0.455. The maximum Gasteiger partial charge on any atom is 0.161 e. The van der Waals surface area contributed by atoms with Crippen LogP contribution in [0.3, 0.4) is 0 Å². The quantitative estimate of drug-likeness (QED) is 0.718. The molecule has 0 saturated carbocycles. The van der Waals surface area contributed by atoms with E-state index in [1.807, 2.05) is 12.1 Å². The Morgan fingerprint density at radius 2 is 1.71 bits per heavy atom. The van der Waals surface area contributed by atoms with Crippen LogP contribution in [0.25, 0.3) is 0 Å². The molecule has 0 aliphatic carbocycles. The minimum absolute atomic E-state index is 0.676.